The van der Waals surface area contributed by atoms with Crippen molar-refractivity contribution in [1.82, 2.24) is 0 Å². The van der Waals surface area contributed by atoms with Gasteiger partial charge in [0, 0.05) is 17.7 Å². The number of ether oxygens (including phenoxy) is 1. The molecule has 0 aliphatic rings. The van der Waals surface area contributed by atoms with E-state index in [1.54, 1.807) is 31.2 Å². The molecule has 0 radical (unpaired) electrons. The van der Waals surface area contributed by atoms with E-state index in [0.29, 0.717) is 17.7 Å². The number of carbonyl (C=O) groups excluding carboxylic acids is 2. The Morgan fingerprint density at radius 2 is 1.83 bits per heavy atom. The number of aryl methyl sites for hydroxylation is 1. The number of benzene rings is 2. The predicted molar refractivity (Wildman–Crippen MR) is 91.0 cm³/mol. The molecule has 0 saturated carbocycles. The van der Waals surface area contributed by atoms with E-state index < -0.39 is 6.10 Å². The van der Waals surface area contributed by atoms with Crippen LogP contribution in [0.5, 0.6) is 5.75 Å². The van der Waals surface area contributed by atoms with Crippen LogP contribution < -0.4 is 10.1 Å². The number of hydrogen-bond donors (Lipinski definition) is 1. The standard InChI is InChI=1S/C19H21NO3/c1-4-18(21)15-8-10-17(11-9-15)23-14(3)19(22)20-16-7-5-6-13(2)12-16/h5-12,14H,4H2,1-3H3,(H,20,22)/t14-/m1/s1. The first-order chi connectivity index (χ1) is 11.0. The minimum atomic E-state index is -0.636. The largest absolute Gasteiger partial charge is 0.481 e. The van der Waals surface area contributed by atoms with Crippen LogP contribution in [-0.4, -0.2) is 17.8 Å². The Morgan fingerprint density at radius 3 is 2.43 bits per heavy atom. The Balaban J connectivity index is 1.96. The van der Waals surface area contributed by atoms with Crippen molar-refractivity contribution >= 4 is 17.4 Å². The highest BCUT2D eigenvalue weighted by atomic mass is 16.5. The van der Waals surface area contributed by atoms with Crippen molar-refractivity contribution in [1.29, 1.82) is 0 Å². The maximum absolute atomic E-state index is 12.2. The molecule has 1 atom stereocenters. The molecule has 120 valence electrons. The molecule has 2 rings (SSSR count). The molecule has 0 spiro atoms. The van der Waals surface area contributed by atoms with Gasteiger partial charge in [0.2, 0.25) is 0 Å². The third kappa shape index (κ3) is 4.68. The number of anilines is 1. The lowest BCUT2D eigenvalue weighted by atomic mass is 10.1. The van der Waals surface area contributed by atoms with Crippen molar-refractivity contribution < 1.29 is 14.3 Å². The summed E-state index contributed by atoms with van der Waals surface area (Å²) in [5, 5.41) is 2.82. The SMILES string of the molecule is CCC(=O)c1ccc(O[C@H](C)C(=O)Nc2cccc(C)c2)cc1. The predicted octanol–water partition coefficient (Wildman–Crippen LogP) is 3.99. The van der Waals surface area contributed by atoms with Gasteiger partial charge in [-0.2, -0.15) is 0 Å². The van der Waals surface area contributed by atoms with Crippen LogP contribution in [0.3, 0.4) is 0 Å². The molecule has 4 nitrogen and oxygen atoms in total. The molecule has 4 heteroatoms. The number of hydrogen-bond acceptors (Lipinski definition) is 3. The molecule has 23 heavy (non-hydrogen) atoms. The van der Waals surface area contributed by atoms with E-state index in [1.807, 2.05) is 38.1 Å². The average molecular weight is 311 g/mol. The minimum absolute atomic E-state index is 0.0850. The number of nitrogens with one attached hydrogen (secondary N) is 1. The quantitative estimate of drug-likeness (QED) is 0.821. The van der Waals surface area contributed by atoms with Crippen LogP contribution in [0.2, 0.25) is 0 Å². The Labute approximate surface area is 136 Å². The molecular weight excluding hydrogens is 290 g/mol. The second-order valence-corrected chi connectivity index (χ2v) is 5.42. The van der Waals surface area contributed by atoms with Gasteiger partial charge in [0.25, 0.3) is 5.91 Å². The minimum Gasteiger partial charge on any atom is -0.481 e. The van der Waals surface area contributed by atoms with Gasteiger partial charge in [0.05, 0.1) is 0 Å². The van der Waals surface area contributed by atoms with Crippen LogP contribution in [0.1, 0.15) is 36.2 Å². The molecule has 0 aromatic heterocycles. The number of amides is 1. The fraction of sp³-hybridized carbons (Fsp3) is 0.263. The summed E-state index contributed by atoms with van der Waals surface area (Å²) in [5.41, 5.74) is 2.47. The fourth-order valence-electron chi connectivity index (χ4n) is 2.15. The van der Waals surface area contributed by atoms with Gasteiger partial charge in [-0.25, -0.2) is 0 Å². The van der Waals surface area contributed by atoms with Crippen molar-refractivity contribution in [3.63, 3.8) is 0 Å². The summed E-state index contributed by atoms with van der Waals surface area (Å²) in [6, 6.07) is 14.4. The van der Waals surface area contributed by atoms with E-state index in [2.05, 4.69) is 5.32 Å². The van der Waals surface area contributed by atoms with E-state index in [4.69, 9.17) is 4.74 Å². The van der Waals surface area contributed by atoms with Gasteiger partial charge >= 0.3 is 0 Å². The van der Waals surface area contributed by atoms with Crippen LogP contribution >= 0.6 is 0 Å². The molecule has 0 heterocycles. The number of ketones is 1. The third-order valence-corrected chi connectivity index (χ3v) is 3.47. The van der Waals surface area contributed by atoms with Crippen molar-refractivity contribution in [3.05, 3.63) is 59.7 Å². The Kier molecular flexibility index (Phi) is 5.52. The van der Waals surface area contributed by atoms with Crippen LogP contribution in [0, 0.1) is 6.92 Å². The Hall–Kier alpha value is -2.62. The Bertz CT molecular complexity index is 692. The van der Waals surface area contributed by atoms with E-state index in [-0.39, 0.29) is 11.7 Å². The maximum Gasteiger partial charge on any atom is 0.265 e. The highest BCUT2D eigenvalue weighted by Crippen LogP contribution is 2.16. The molecule has 0 fully saturated rings. The first kappa shape index (κ1) is 16.7. The zero-order valence-electron chi connectivity index (χ0n) is 13.6. The lowest BCUT2D eigenvalue weighted by Crippen LogP contribution is -2.30. The van der Waals surface area contributed by atoms with Gasteiger partial charge in [-0.15, -0.1) is 0 Å². The zero-order chi connectivity index (χ0) is 16.8. The topological polar surface area (TPSA) is 55.4 Å². The monoisotopic (exact) mass is 311 g/mol. The van der Waals surface area contributed by atoms with Gasteiger partial charge < -0.3 is 10.1 Å². The molecule has 2 aromatic rings. The summed E-state index contributed by atoms with van der Waals surface area (Å²) in [6.45, 7) is 5.48. The summed E-state index contributed by atoms with van der Waals surface area (Å²) in [4.78, 5) is 23.7. The maximum atomic E-state index is 12.2. The molecule has 1 amide bonds. The molecular formula is C19H21NO3. The van der Waals surface area contributed by atoms with Gasteiger partial charge in [0.15, 0.2) is 11.9 Å². The first-order valence-electron chi connectivity index (χ1n) is 7.67. The molecule has 2 aromatic carbocycles. The summed E-state index contributed by atoms with van der Waals surface area (Å²) in [5.74, 6) is 0.427. The lowest BCUT2D eigenvalue weighted by molar-refractivity contribution is -0.122. The second-order valence-electron chi connectivity index (χ2n) is 5.42. The smallest absolute Gasteiger partial charge is 0.265 e. The molecule has 0 bridgehead atoms. The van der Waals surface area contributed by atoms with Crippen LogP contribution in [0.15, 0.2) is 48.5 Å². The van der Waals surface area contributed by atoms with Crippen molar-refractivity contribution in [2.75, 3.05) is 5.32 Å². The second kappa shape index (κ2) is 7.58. The summed E-state index contributed by atoms with van der Waals surface area (Å²) >= 11 is 0. The van der Waals surface area contributed by atoms with Gasteiger partial charge in [-0.3, -0.25) is 9.59 Å². The zero-order valence-corrected chi connectivity index (χ0v) is 13.6. The highest BCUT2D eigenvalue weighted by molar-refractivity contribution is 5.96. The summed E-state index contributed by atoms with van der Waals surface area (Å²) in [7, 11) is 0. The van der Waals surface area contributed by atoms with Gasteiger partial charge in [-0.1, -0.05) is 19.1 Å². The van der Waals surface area contributed by atoms with Crippen molar-refractivity contribution in [2.24, 2.45) is 0 Å². The number of carbonyl (C=O) groups is 2. The lowest BCUT2D eigenvalue weighted by Gasteiger charge is -2.15. The fourth-order valence-corrected chi connectivity index (χ4v) is 2.15. The highest BCUT2D eigenvalue weighted by Gasteiger charge is 2.15. The van der Waals surface area contributed by atoms with Gasteiger partial charge in [-0.05, 0) is 55.8 Å². The average Bonchev–Trinajstić information content (AvgIpc) is 2.54. The molecule has 0 aliphatic carbocycles. The van der Waals surface area contributed by atoms with Crippen molar-refractivity contribution in [2.45, 2.75) is 33.3 Å². The summed E-state index contributed by atoms with van der Waals surface area (Å²) in [6.07, 6.45) is -0.168. The van der Waals surface area contributed by atoms with E-state index in [1.165, 1.54) is 0 Å². The first-order valence-corrected chi connectivity index (χ1v) is 7.67. The van der Waals surface area contributed by atoms with Crippen LogP contribution in [0.4, 0.5) is 5.69 Å². The summed E-state index contributed by atoms with van der Waals surface area (Å²) < 4.78 is 5.62. The van der Waals surface area contributed by atoms with E-state index in [0.717, 1.165) is 11.3 Å². The van der Waals surface area contributed by atoms with Crippen molar-refractivity contribution in [3.8, 4) is 5.75 Å². The normalized spacial score (nSPS) is 11.6. The Morgan fingerprint density at radius 1 is 1.13 bits per heavy atom. The molecule has 0 unspecified atom stereocenters. The third-order valence-electron chi connectivity index (χ3n) is 3.47. The molecule has 1 N–H and O–H groups in total. The van der Waals surface area contributed by atoms with E-state index >= 15 is 0 Å². The molecule has 0 saturated heterocycles. The van der Waals surface area contributed by atoms with E-state index in [9.17, 15) is 9.59 Å². The molecule has 0 aliphatic heterocycles. The number of rotatable bonds is 6. The van der Waals surface area contributed by atoms with Crippen LogP contribution in [-0.2, 0) is 4.79 Å². The number of Topliss-reactive ketones (excluding diaryl/α,β-unsaturated/α-hetero) is 1. The van der Waals surface area contributed by atoms with Crippen LogP contribution in [0.25, 0.3) is 0 Å². The van der Waals surface area contributed by atoms with Gasteiger partial charge in [0.1, 0.15) is 5.75 Å².